The van der Waals surface area contributed by atoms with Crippen molar-refractivity contribution in [3.8, 4) is 16.9 Å². The molecule has 5 rings (SSSR count). The van der Waals surface area contributed by atoms with Gasteiger partial charge < -0.3 is 19.5 Å². The van der Waals surface area contributed by atoms with Crippen molar-refractivity contribution in [2.75, 3.05) is 40.0 Å². The third-order valence-corrected chi connectivity index (χ3v) is 7.07. The fraction of sp³-hybridized carbons (Fsp3) is 0.500. The largest absolute Gasteiger partial charge is 0.491 e. The predicted molar refractivity (Wildman–Crippen MR) is 125 cm³/mol. The van der Waals surface area contributed by atoms with E-state index in [1.54, 1.807) is 12.0 Å². The lowest BCUT2D eigenvalue weighted by atomic mass is 9.80. The molecule has 2 aromatic carbocycles. The van der Waals surface area contributed by atoms with Crippen molar-refractivity contribution in [2.24, 2.45) is 5.92 Å². The maximum Gasteiger partial charge on any atom is 0.408 e. The number of methoxy groups -OCH3 is 1. The van der Waals surface area contributed by atoms with Crippen molar-refractivity contribution < 1.29 is 19.4 Å². The summed E-state index contributed by atoms with van der Waals surface area (Å²) in [4.78, 5) is 16.6. The van der Waals surface area contributed by atoms with Crippen molar-refractivity contribution in [2.45, 2.75) is 38.3 Å². The first-order chi connectivity index (χ1) is 15.4. The van der Waals surface area contributed by atoms with Gasteiger partial charge >= 0.3 is 6.09 Å². The Labute approximate surface area is 190 Å². The summed E-state index contributed by atoms with van der Waals surface area (Å²) in [6.45, 7) is 8.16. The molecule has 32 heavy (non-hydrogen) atoms. The van der Waals surface area contributed by atoms with Gasteiger partial charge in [0.25, 0.3) is 0 Å². The molecule has 3 aliphatic rings. The summed E-state index contributed by atoms with van der Waals surface area (Å²) in [6, 6.07) is 16.3. The molecule has 3 aliphatic heterocycles. The number of piperidine rings is 3. The molecule has 172 valence electrons. The molecule has 0 spiro atoms. The predicted octanol–water partition coefficient (Wildman–Crippen LogP) is 4.69. The van der Waals surface area contributed by atoms with Crippen molar-refractivity contribution in [3.05, 3.63) is 54.1 Å². The fourth-order valence-electron chi connectivity index (χ4n) is 5.23. The van der Waals surface area contributed by atoms with Crippen LogP contribution in [0.15, 0.2) is 48.5 Å². The average Bonchev–Trinajstić information content (AvgIpc) is 2.80. The zero-order valence-corrected chi connectivity index (χ0v) is 19.3. The topological polar surface area (TPSA) is 62.2 Å². The number of carbonyl (C=O) groups is 1. The van der Waals surface area contributed by atoms with E-state index < -0.39 is 11.6 Å². The van der Waals surface area contributed by atoms with Crippen molar-refractivity contribution >= 4 is 6.09 Å². The fourth-order valence-corrected chi connectivity index (χ4v) is 5.23. The highest BCUT2D eigenvalue weighted by Crippen LogP contribution is 2.39. The van der Waals surface area contributed by atoms with Crippen LogP contribution in [0.4, 0.5) is 4.79 Å². The molecule has 1 unspecified atom stereocenters. The van der Waals surface area contributed by atoms with Gasteiger partial charge in [-0.3, -0.25) is 4.90 Å². The molecule has 6 heteroatoms. The highest BCUT2D eigenvalue weighted by atomic mass is 16.5. The van der Waals surface area contributed by atoms with Crippen LogP contribution in [0.5, 0.6) is 5.75 Å². The summed E-state index contributed by atoms with van der Waals surface area (Å²) in [7, 11) is 1.66. The van der Waals surface area contributed by atoms with Crippen LogP contribution in [-0.4, -0.2) is 67.0 Å². The normalized spacial score (nSPS) is 22.5. The minimum absolute atomic E-state index is 0.0391. The first-order valence-corrected chi connectivity index (χ1v) is 11.5. The summed E-state index contributed by atoms with van der Waals surface area (Å²) in [5, 5.41) is 10.2. The van der Waals surface area contributed by atoms with E-state index in [1.807, 2.05) is 50.2 Å². The summed E-state index contributed by atoms with van der Waals surface area (Å²) in [6.07, 6.45) is 1.34. The third kappa shape index (κ3) is 4.62. The van der Waals surface area contributed by atoms with E-state index in [2.05, 4.69) is 17.0 Å². The van der Waals surface area contributed by atoms with Crippen LogP contribution in [0.2, 0.25) is 0 Å². The van der Waals surface area contributed by atoms with Gasteiger partial charge in [-0.25, -0.2) is 4.79 Å². The minimum Gasteiger partial charge on any atom is -0.491 e. The van der Waals surface area contributed by atoms with Crippen LogP contribution in [0.3, 0.4) is 0 Å². The molecule has 1 N–H and O–H groups in total. The van der Waals surface area contributed by atoms with Crippen LogP contribution >= 0.6 is 0 Å². The smallest absolute Gasteiger partial charge is 0.408 e. The molecule has 1 amide bonds. The molecular formula is C26H34N2O4. The number of ether oxygens (including phenoxy) is 2. The molecular weight excluding hydrogens is 404 g/mol. The molecule has 1 atom stereocenters. The van der Waals surface area contributed by atoms with Gasteiger partial charge in [-0.2, -0.15) is 0 Å². The number of amides is 1. The van der Waals surface area contributed by atoms with E-state index in [0.29, 0.717) is 19.1 Å². The van der Waals surface area contributed by atoms with Gasteiger partial charge in [0.1, 0.15) is 12.4 Å². The van der Waals surface area contributed by atoms with E-state index in [0.717, 1.165) is 54.9 Å². The molecule has 2 bridgehead atoms. The van der Waals surface area contributed by atoms with Gasteiger partial charge in [-0.15, -0.1) is 0 Å². The molecule has 0 aliphatic carbocycles. The SMILES string of the molecule is COCCOc1ccc(-c2cccc(C(C)(C)N(C(=O)O)C3CN4CCC3CC4)c2)cc1. The first kappa shape index (κ1) is 22.6. The number of hydrogen-bond donors (Lipinski definition) is 1. The lowest BCUT2D eigenvalue weighted by Crippen LogP contribution is -2.62. The number of carboxylic acid groups (broad SMARTS) is 1. The quantitative estimate of drug-likeness (QED) is 0.606. The second kappa shape index (κ2) is 9.51. The Bertz CT molecular complexity index is 920. The Balaban J connectivity index is 1.57. The van der Waals surface area contributed by atoms with Crippen LogP contribution in [0.25, 0.3) is 11.1 Å². The molecule has 3 heterocycles. The van der Waals surface area contributed by atoms with Crippen molar-refractivity contribution in [1.82, 2.24) is 9.80 Å². The third-order valence-electron chi connectivity index (χ3n) is 7.07. The number of benzene rings is 2. The Morgan fingerprint density at radius 2 is 1.81 bits per heavy atom. The standard InChI is InChI=1S/C26H34N2O4/c1-26(2,28(25(29)30)24-18-27-13-11-20(24)12-14-27)22-6-4-5-21(17-22)19-7-9-23(10-8-19)32-16-15-31-3/h4-10,17,20,24H,11-16,18H2,1-3H3,(H,29,30). The Hall–Kier alpha value is -2.57. The van der Waals surface area contributed by atoms with Crippen LogP contribution in [0, 0.1) is 5.92 Å². The van der Waals surface area contributed by atoms with Crippen molar-refractivity contribution in [1.29, 1.82) is 0 Å². The maximum absolute atomic E-state index is 12.5. The summed E-state index contributed by atoms with van der Waals surface area (Å²) in [5.74, 6) is 1.26. The highest BCUT2D eigenvalue weighted by molar-refractivity contribution is 5.69. The number of fused-ring (bicyclic) bond motifs is 3. The number of rotatable bonds is 8. The van der Waals surface area contributed by atoms with Crippen molar-refractivity contribution in [3.63, 3.8) is 0 Å². The van der Waals surface area contributed by atoms with E-state index in [1.165, 1.54) is 0 Å². The number of hydrogen-bond acceptors (Lipinski definition) is 4. The zero-order valence-electron chi connectivity index (χ0n) is 19.3. The molecule has 2 aromatic rings. The van der Waals surface area contributed by atoms with Gasteiger partial charge in [-0.1, -0.05) is 30.3 Å². The second-order valence-electron chi connectivity index (χ2n) is 9.36. The van der Waals surface area contributed by atoms with Crippen LogP contribution < -0.4 is 4.74 Å². The maximum atomic E-state index is 12.5. The monoisotopic (exact) mass is 438 g/mol. The van der Waals surface area contributed by atoms with Crippen LogP contribution in [0.1, 0.15) is 32.3 Å². The first-order valence-electron chi connectivity index (χ1n) is 11.5. The Morgan fingerprint density at radius 1 is 1.09 bits per heavy atom. The van der Waals surface area contributed by atoms with Gasteiger partial charge in [-0.05, 0) is 80.6 Å². The Morgan fingerprint density at radius 3 is 2.41 bits per heavy atom. The molecule has 3 saturated heterocycles. The zero-order chi connectivity index (χ0) is 22.7. The lowest BCUT2D eigenvalue weighted by Gasteiger charge is -2.52. The van der Waals surface area contributed by atoms with Gasteiger partial charge in [0.15, 0.2) is 0 Å². The molecule has 6 nitrogen and oxygen atoms in total. The Kier molecular flexibility index (Phi) is 6.72. The number of nitrogens with zero attached hydrogens (tertiary/aromatic N) is 2. The van der Waals surface area contributed by atoms with Gasteiger partial charge in [0, 0.05) is 13.7 Å². The molecule has 0 aromatic heterocycles. The molecule has 0 radical (unpaired) electrons. The summed E-state index contributed by atoms with van der Waals surface area (Å²) in [5.41, 5.74) is 2.52. The van der Waals surface area contributed by atoms with E-state index in [-0.39, 0.29) is 6.04 Å². The summed E-state index contributed by atoms with van der Waals surface area (Å²) >= 11 is 0. The summed E-state index contributed by atoms with van der Waals surface area (Å²) < 4.78 is 10.7. The van der Waals surface area contributed by atoms with Gasteiger partial charge in [0.2, 0.25) is 0 Å². The van der Waals surface area contributed by atoms with Crippen LogP contribution in [-0.2, 0) is 10.3 Å². The molecule has 0 saturated carbocycles. The average molecular weight is 439 g/mol. The molecule has 3 fully saturated rings. The second-order valence-corrected chi connectivity index (χ2v) is 9.36. The van der Waals surface area contributed by atoms with E-state index in [9.17, 15) is 9.90 Å². The highest BCUT2D eigenvalue weighted by Gasteiger charge is 2.45. The van der Waals surface area contributed by atoms with Gasteiger partial charge in [0.05, 0.1) is 18.2 Å². The lowest BCUT2D eigenvalue weighted by molar-refractivity contribution is -0.0289. The van der Waals surface area contributed by atoms with E-state index >= 15 is 0 Å². The van der Waals surface area contributed by atoms with E-state index in [4.69, 9.17) is 9.47 Å². The minimum atomic E-state index is -0.836.